The fraction of sp³-hybridized carbons (Fsp3) is 0.167. The van der Waals surface area contributed by atoms with Gasteiger partial charge in [-0.25, -0.2) is 9.67 Å². The molecule has 0 aliphatic rings. The van der Waals surface area contributed by atoms with Gasteiger partial charge in [-0.05, 0) is 60.5 Å². The molecule has 1 unspecified atom stereocenters. The Morgan fingerprint density at radius 3 is 2.62 bits per heavy atom. The highest BCUT2D eigenvalue weighted by atomic mass is 16.5. The minimum atomic E-state index is -0.239. The van der Waals surface area contributed by atoms with Crippen molar-refractivity contribution in [2.75, 3.05) is 7.11 Å². The van der Waals surface area contributed by atoms with Crippen LogP contribution in [0.3, 0.4) is 0 Å². The number of ether oxygens (including phenoxy) is 2. The summed E-state index contributed by atoms with van der Waals surface area (Å²) in [4.78, 5) is 21.0. The zero-order valence-electron chi connectivity index (χ0n) is 17.8. The predicted octanol–water partition coefficient (Wildman–Crippen LogP) is 3.74. The molecule has 3 heterocycles. The van der Waals surface area contributed by atoms with Gasteiger partial charge >= 0.3 is 0 Å². The predicted molar refractivity (Wildman–Crippen MR) is 119 cm³/mol. The van der Waals surface area contributed by atoms with Crippen LogP contribution in [-0.4, -0.2) is 32.8 Å². The molecule has 162 valence electrons. The molecule has 1 N–H and O–H groups in total. The normalized spacial score (nSPS) is 11.6. The van der Waals surface area contributed by atoms with Crippen molar-refractivity contribution in [3.63, 3.8) is 0 Å². The zero-order valence-corrected chi connectivity index (χ0v) is 17.8. The first-order valence-electron chi connectivity index (χ1n) is 10.1. The van der Waals surface area contributed by atoms with E-state index in [2.05, 4.69) is 20.4 Å². The van der Waals surface area contributed by atoms with Crippen molar-refractivity contribution in [1.29, 1.82) is 0 Å². The second-order valence-electron chi connectivity index (χ2n) is 7.11. The molecular weight excluding hydrogens is 406 g/mol. The second kappa shape index (κ2) is 9.74. The Kier molecular flexibility index (Phi) is 6.41. The number of methoxy groups -OCH3 is 1. The number of pyridine rings is 2. The summed E-state index contributed by atoms with van der Waals surface area (Å²) in [6.07, 6.45) is 8.46. The third-order valence-corrected chi connectivity index (χ3v) is 4.93. The van der Waals surface area contributed by atoms with Crippen LogP contribution in [0.15, 0.2) is 79.5 Å². The van der Waals surface area contributed by atoms with E-state index in [1.165, 1.54) is 6.20 Å². The fourth-order valence-electron chi connectivity index (χ4n) is 3.14. The number of hydrogen-bond donors (Lipinski definition) is 1. The van der Waals surface area contributed by atoms with Gasteiger partial charge in [-0.3, -0.25) is 9.78 Å². The van der Waals surface area contributed by atoms with Crippen LogP contribution in [-0.2, 0) is 6.61 Å². The first-order valence-corrected chi connectivity index (χ1v) is 10.1. The van der Waals surface area contributed by atoms with Crippen molar-refractivity contribution < 1.29 is 14.3 Å². The maximum atomic E-state index is 12.7. The molecule has 0 aliphatic heterocycles. The maximum Gasteiger partial charge on any atom is 0.253 e. The average Bonchev–Trinajstić information content (AvgIpc) is 3.38. The Bertz CT molecular complexity index is 1160. The third kappa shape index (κ3) is 4.92. The van der Waals surface area contributed by atoms with Crippen molar-refractivity contribution in [3.8, 4) is 17.3 Å². The van der Waals surface area contributed by atoms with Gasteiger partial charge in [0.25, 0.3) is 5.91 Å². The topological polar surface area (TPSA) is 91.2 Å². The number of nitrogens with zero attached hydrogens (tertiary/aromatic N) is 4. The van der Waals surface area contributed by atoms with E-state index >= 15 is 0 Å². The third-order valence-electron chi connectivity index (χ3n) is 4.93. The van der Waals surface area contributed by atoms with E-state index in [4.69, 9.17) is 9.47 Å². The van der Waals surface area contributed by atoms with Gasteiger partial charge in [0.1, 0.15) is 6.61 Å². The molecule has 0 saturated carbocycles. The highest BCUT2D eigenvalue weighted by molar-refractivity contribution is 5.94. The van der Waals surface area contributed by atoms with Crippen molar-refractivity contribution in [2.24, 2.45) is 0 Å². The van der Waals surface area contributed by atoms with Crippen LogP contribution in [0.2, 0.25) is 0 Å². The van der Waals surface area contributed by atoms with E-state index in [-0.39, 0.29) is 11.9 Å². The second-order valence-corrected chi connectivity index (χ2v) is 7.11. The molecule has 0 saturated heterocycles. The zero-order chi connectivity index (χ0) is 22.3. The van der Waals surface area contributed by atoms with Crippen LogP contribution in [0.25, 0.3) is 5.82 Å². The molecular formula is C24H23N5O3. The van der Waals surface area contributed by atoms with Crippen LogP contribution in [0.1, 0.15) is 34.5 Å². The molecule has 8 heteroatoms. The van der Waals surface area contributed by atoms with E-state index in [9.17, 15) is 4.79 Å². The number of carbonyl (C=O) groups is 1. The van der Waals surface area contributed by atoms with E-state index in [0.29, 0.717) is 29.5 Å². The SMILES string of the molecule is COc1cc(C(C)NC(=O)c2ccc(-n3cccn3)nc2)ccc1OCc1ccncc1. The molecule has 1 aromatic carbocycles. The molecule has 32 heavy (non-hydrogen) atoms. The molecule has 0 aliphatic carbocycles. The van der Waals surface area contributed by atoms with E-state index in [1.807, 2.05) is 43.3 Å². The first kappa shape index (κ1) is 21.0. The van der Waals surface area contributed by atoms with E-state index in [1.54, 1.807) is 48.7 Å². The van der Waals surface area contributed by atoms with Crippen molar-refractivity contribution in [1.82, 2.24) is 25.1 Å². The molecule has 0 spiro atoms. The lowest BCUT2D eigenvalue weighted by Gasteiger charge is -2.17. The molecule has 1 amide bonds. The molecule has 0 bridgehead atoms. The van der Waals surface area contributed by atoms with Gasteiger partial charge in [-0.15, -0.1) is 0 Å². The minimum absolute atomic E-state index is 0.214. The van der Waals surface area contributed by atoms with Crippen molar-refractivity contribution in [2.45, 2.75) is 19.6 Å². The lowest BCUT2D eigenvalue weighted by molar-refractivity contribution is 0.0939. The van der Waals surface area contributed by atoms with Crippen LogP contribution in [0, 0.1) is 0 Å². The summed E-state index contributed by atoms with van der Waals surface area (Å²) >= 11 is 0. The summed E-state index contributed by atoms with van der Waals surface area (Å²) in [5.41, 5.74) is 2.38. The summed E-state index contributed by atoms with van der Waals surface area (Å²) < 4.78 is 13.0. The number of hydrogen-bond acceptors (Lipinski definition) is 6. The Morgan fingerprint density at radius 2 is 1.94 bits per heavy atom. The number of carbonyl (C=O) groups excluding carboxylic acids is 1. The van der Waals surface area contributed by atoms with Crippen LogP contribution >= 0.6 is 0 Å². The lowest BCUT2D eigenvalue weighted by atomic mass is 10.1. The standard InChI is InChI=1S/C24H23N5O3/c1-17(28-24(30)20-5-7-23(26-15-20)29-13-3-10-27-29)19-4-6-21(22(14-19)31-2)32-16-18-8-11-25-12-9-18/h3-15,17H,16H2,1-2H3,(H,28,30). The smallest absolute Gasteiger partial charge is 0.253 e. The van der Waals surface area contributed by atoms with Crippen LogP contribution < -0.4 is 14.8 Å². The molecule has 0 radical (unpaired) electrons. The summed E-state index contributed by atoms with van der Waals surface area (Å²) in [7, 11) is 1.59. The number of rotatable bonds is 8. The van der Waals surface area contributed by atoms with Gasteiger partial charge in [0.15, 0.2) is 17.3 Å². The van der Waals surface area contributed by atoms with Crippen molar-refractivity contribution >= 4 is 5.91 Å². The monoisotopic (exact) mass is 429 g/mol. The largest absolute Gasteiger partial charge is 0.493 e. The summed E-state index contributed by atoms with van der Waals surface area (Å²) in [5, 5.41) is 7.12. The first-order chi connectivity index (χ1) is 15.6. The number of nitrogens with one attached hydrogen (secondary N) is 1. The highest BCUT2D eigenvalue weighted by Crippen LogP contribution is 2.31. The average molecular weight is 429 g/mol. The molecule has 4 aromatic rings. The van der Waals surface area contributed by atoms with Gasteiger partial charge in [0, 0.05) is 31.0 Å². The van der Waals surface area contributed by atoms with Crippen LogP contribution in [0.4, 0.5) is 0 Å². The Balaban J connectivity index is 1.41. The molecule has 0 fully saturated rings. The lowest BCUT2D eigenvalue weighted by Crippen LogP contribution is -2.26. The molecule has 4 rings (SSSR count). The van der Waals surface area contributed by atoms with Crippen molar-refractivity contribution in [3.05, 3.63) is 96.2 Å². The number of aromatic nitrogens is 4. The summed E-state index contributed by atoms with van der Waals surface area (Å²) in [6.45, 7) is 2.32. The van der Waals surface area contributed by atoms with Gasteiger partial charge in [0.2, 0.25) is 0 Å². The van der Waals surface area contributed by atoms with Gasteiger partial charge < -0.3 is 14.8 Å². The van der Waals surface area contributed by atoms with Gasteiger partial charge in [0.05, 0.1) is 18.7 Å². The molecule has 8 nitrogen and oxygen atoms in total. The van der Waals surface area contributed by atoms with E-state index < -0.39 is 0 Å². The van der Waals surface area contributed by atoms with Gasteiger partial charge in [-0.1, -0.05) is 6.07 Å². The molecule has 3 aromatic heterocycles. The van der Waals surface area contributed by atoms with Gasteiger partial charge in [-0.2, -0.15) is 5.10 Å². The highest BCUT2D eigenvalue weighted by Gasteiger charge is 2.15. The maximum absolute atomic E-state index is 12.7. The summed E-state index contributed by atoms with van der Waals surface area (Å²) in [6, 6.07) is 14.5. The van der Waals surface area contributed by atoms with Crippen LogP contribution in [0.5, 0.6) is 11.5 Å². The Labute approximate surface area is 185 Å². The Hall–Kier alpha value is -4.20. The molecule has 1 atom stereocenters. The summed E-state index contributed by atoms with van der Waals surface area (Å²) in [5.74, 6) is 1.66. The van der Waals surface area contributed by atoms with E-state index in [0.717, 1.165) is 11.1 Å². The Morgan fingerprint density at radius 1 is 1.09 bits per heavy atom. The number of amides is 1. The minimum Gasteiger partial charge on any atom is -0.493 e. The fourth-order valence-corrected chi connectivity index (χ4v) is 3.14. The number of benzene rings is 1. The quantitative estimate of drug-likeness (QED) is 0.459.